The molecule has 0 aromatic heterocycles. The van der Waals surface area contributed by atoms with E-state index in [1.165, 1.54) is 29.5 Å². The molecule has 2 aromatic carbocycles. The Hall–Kier alpha value is -1.42. The van der Waals surface area contributed by atoms with Gasteiger partial charge in [-0.25, -0.2) is 4.58 Å². The first-order valence-electron chi connectivity index (χ1n) is 7.73. The zero-order valence-electron chi connectivity index (χ0n) is 12.6. The highest BCUT2D eigenvalue weighted by molar-refractivity contribution is 5.79. The molecule has 0 saturated heterocycles. The molecule has 2 aromatic rings. The summed E-state index contributed by atoms with van der Waals surface area (Å²) < 4.78 is 2.48. The van der Waals surface area contributed by atoms with Crippen LogP contribution >= 0.6 is 0 Å². The minimum absolute atomic E-state index is 0. The molecule has 2 unspecified atom stereocenters. The van der Waals surface area contributed by atoms with Crippen LogP contribution in [0.15, 0.2) is 67.3 Å². The van der Waals surface area contributed by atoms with Gasteiger partial charge in [0, 0.05) is 12.0 Å². The van der Waals surface area contributed by atoms with Gasteiger partial charge in [-0.15, -0.1) is 0 Å². The van der Waals surface area contributed by atoms with Crippen LogP contribution in [0.1, 0.15) is 35.6 Å². The van der Waals surface area contributed by atoms with Gasteiger partial charge in [0.2, 0.25) is 0 Å². The molecular formula is C20H20IN. The lowest BCUT2D eigenvalue weighted by atomic mass is 9.63. The van der Waals surface area contributed by atoms with Gasteiger partial charge in [-0.2, -0.15) is 0 Å². The predicted octanol–water partition coefficient (Wildman–Crippen LogP) is 1.09. The van der Waals surface area contributed by atoms with E-state index in [0.717, 1.165) is 6.54 Å². The Bertz CT molecular complexity index is 719. The molecule has 112 valence electrons. The molecule has 0 fully saturated rings. The van der Waals surface area contributed by atoms with Crippen LogP contribution in [-0.4, -0.2) is 17.3 Å². The van der Waals surface area contributed by atoms with Gasteiger partial charge in [0.15, 0.2) is 18.8 Å². The predicted molar refractivity (Wildman–Crippen MR) is 87.0 cm³/mol. The van der Waals surface area contributed by atoms with E-state index >= 15 is 0 Å². The van der Waals surface area contributed by atoms with Crippen molar-refractivity contribution in [1.82, 2.24) is 0 Å². The highest BCUT2D eigenvalue weighted by Gasteiger charge is 2.50. The molecule has 3 aliphatic rings. The zero-order valence-corrected chi connectivity index (χ0v) is 14.7. The van der Waals surface area contributed by atoms with Crippen molar-refractivity contribution >= 4 is 6.21 Å². The lowest BCUT2D eigenvalue weighted by molar-refractivity contribution is -0.570. The first-order valence-corrected chi connectivity index (χ1v) is 7.73. The van der Waals surface area contributed by atoms with Crippen molar-refractivity contribution in [3.05, 3.63) is 83.9 Å². The van der Waals surface area contributed by atoms with Crippen molar-refractivity contribution in [3.8, 4) is 0 Å². The standard InChI is InChI=1S/C20H20N.HI/c1-2-14-21-15-20(16-8-4-3-5-9-16)13-12-19(21)17-10-6-7-11-18(17)20;/h2-11,15,19H,1,12-14H2;1H/q+1;/p-1. The average Bonchev–Trinajstić information content (AvgIpc) is 2.57. The van der Waals surface area contributed by atoms with Crippen molar-refractivity contribution in [1.29, 1.82) is 0 Å². The van der Waals surface area contributed by atoms with Crippen molar-refractivity contribution in [2.75, 3.05) is 6.54 Å². The van der Waals surface area contributed by atoms with Crippen LogP contribution in [0.2, 0.25) is 0 Å². The van der Waals surface area contributed by atoms with Crippen LogP contribution in [0.4, 0.5) is 0 Å². The number of hydrogen-bond donors (Lipinski definition) is 0. The van der Waals surface area contributed by atoms with E-state index in [1.807, 2.05) is 6.08 Å². The monoisotopic (exact) mass is 401 g/mol. The van der Waals surface area contributed by atoms with E-state index in [4.69, 9.17) is 0 Å². The normalized spacial score (nSPS) is 24.9. The minimum atomic E-state index is 0. The van der Waals surface area contributed by atoms with Crippen LogP contribution in [0.5, 0.6) is 0 Å². The van der Waals surface area contributed by atoms with Gasteiger partial charge in [0.25, 0.3) is 0 Å². The molecular weight excluding hydrogens is 381 g/mol. The van der Waals surface area contributed by atoms with Gasteiger partial charge in [-0.05, 0) is 23.6 Å². The molecule has 1 nitrogen and oxygen atoms in total. The molecule has 2 atom stereocenters. The maximum Gasteiger partial charge on any atom is 0.178 e. The summed E-state index contributed by atoms with van der Waals surface area (Å²) in [5, 5.41) is 0. The Morgan fingerprint density at radius 1 is 1.09 bits per heavy atom. The molecule has 0 saturated carbocycles. The van der Waals surface area contributed by atoms with E-state index in [2.05, 4.69) is 72.0 Å². The summed E-state index contributed by atoms with van der Waals surface area (Å²) >= 11 is 0. The van der Waals surface area contributed by atoms with E-state index in [9.17, 15) is 0 Å². The van der Waals surface area contributed by atoms with Crippen molar-refractivity contribution in [3.63, 3.8) is 0 Å². The molecule has 0 amide bonds. The van der Waals surface area contributed by atoms with Crippen molar-refractivity contribution in [2.24, 2.45) is 0 Å². The Labute approximate surface area is 149 Å². The second kappa shape index (κ2) is 5.99. The largest absolute Gasteiger partial charge is 1.00 e. The fraction of sp³-hybridized carbons (Fsp3) is 0.250. The number of hydrogen-bond acceptors (Lipinski definition) is 0. The van der Waals surface area contributed by atoms with Gasteiger partial charge in [-0.1, -0.05) is 61.2 Å². The molecule has 5 rings (SSSR count). The van der Waals surface area contributed by atoms with E-state index in [0.29, 0.717) is 6.04 Å². The first kappa shape index (κ1) is 15.5. The van der Waals surface area contributed by atoms with Crippen LogP contribution in [0.25, 0.3) is 0 Å². The second-order valence-electron chi connectivity index (χ2n) is 6.09. The number of fused-ring (bicyclic) bond motifs is 1. The van der Waals surface area contributed by atoms with Crippen LogP contribution in [-0.2, 0) is 5.41 Å². The lowest BCUT2D eigenvalue weighted by Gasteiger charge is -2.42. The third-order valence-corrected chi connectivity index (χ3v) is 5.03. The summed E-state index contributed by atoms with van der Waals surface area (Å²) in [4.78, 5) is 0. The molecule has 1 aliphatic carbocycles. The number of nitrogens with zero attached hydrogens (tertiary/aromatic N) is 1. The number of rotatable bonds is 3. The molecule has 0 radical (unpaired) electrons. The summed E-state index contributed by atoms with van der Waals surface area (Å²) in [6.07, 6.45) is 6.89. The average molecular weight is 401 g/mol. The Morgan fingerprint density at radius 2 is 1.82 bits per heavy atom. The first-order chi connectivity index (χ1) is 10.3. The molecule has 2 bridgehead atoms. The third-order valence-electron chi connectivity index (χ3n) is 5.03. The van der Waals surface area contributed by atoms with Crippen LogP contribution in [0, 0.1) is 0 Å². The lowest BCUT2D eigenvalue weighted by Crippen LogP contribution is -3.00. The highest BCUT2D eigenvalue weighted by atomic mass is 127. The van der Waals surface area contributed by atoms with Gasteiger partial charge in [-0.3, -0.25) is 0 Å². The second-order valence-corrected chi connectivity index (χ2v) is 6.09. The number of halogens is 1. The summed E-state index contributed by atoms with van der Waals surface area (Å²) in [7, 11) is 0. The van der Waals surface area contributed by atoms with Crippen LogP contribution < -0.4 is 24.0 Å². The molecule has 2 heterocycles. The Kier molecular flexibility index (Phi) is 4.22. The van der Waals surface area contributed by atoms with E-state index in [-0.39, 0.29) is 29.4 Å². The molecule has 2 aliphatic heterocycles. The van der Waals surface area contributed by atoms with Crippen molar-refractivity contribution < 1.29 is 28.6 Å². The summed E-state index contributed by atoms with van der Waals surface area (Å²) in [5.41, 5.74) is 4.43. The molecule has 2 heteroatoms. The zero-order chi connectivity index (χ0) is 14.3. The number of benzene rings is 2. The summed E-state index contributed by atoms with van der Waals surface area (Å²) in [5.74, 6) is 0. The van der Waals surface area contributed by atoms with Crippen molar-refractivity contribution in [2.45, 2.75) is 24.3 Å². The highest BCUT2D eigenvalue weighted by Crippen LogP contribution is 2.49. The van der Waals surface area contributed by atoms with Gasteiger partial charge >= 0.3 is 0 Å². The maximum absolute atomic E-state index is 3.93. The molecule has 0 spiro atoms. The topological polar surface area (TPSA) is 3.01 Å². The SMILES string of the molecule is C=CC[N+]1=CC2(c3ccccc3)CCC1c1ccccc12.[I-]. The third kappa shape index (κ3) is 2.16. The van der Waals surface area contributed by atoms with E-state index in [1.54, 1.807) is 0 Å². The molecule has 0 N–H and O–H groups in total. The van der Waals surface area contributed by atoms with Gasteiger partial charge < -0.3 is 24.0 Å². The van der Waals surface area contributed by atoms with Gasteiger partial charge in [0.1, 0.15) is 0 Å². The smallest absolute Gasteiger partial charge is 0.178 e. The minimum Gasteiger partial charge on any atom is -1.00 e. The fourth-order valence-corrected chi connectivity index (χ4v) is 4.14. The quantitative estimate of drug-likeness (QED) is 0.412. The maximum atomic E-state index is 3.93. The van der Waals surface area contributed by atoms with Gasteiger partial charge in [0.05, 0.1) is 5.41 Å². The summed E-state index contributed by atoms with van der Waals surface area (Å²) in [6, 6.07) is 20.4. The fourth-order valence-electron chi connectivity index (χ4n) is 4.14. The Balaban J connectivity index is 0.00000144. The van der Waals surface area contributed by atoms with Crippen LogP contribution in [0.3, 0.4) is 0 Å². The summed E-state index contributed by atoms with van der Waals surface area (Å²) in [6.45, 7) is 4.85. The van der Waals surface area contributed by atoms with E-state index < -0.39 is 0 Å². The molecule has 22 heavy (non-hydrogen) atoms. The Morgan fingerprint density at radius 3 is 2.59 bits per heavy atom.